The lowest BCUT2D eigenvalue weighted by Crippen LogP contribution is -2.33. The molecule has 0 aliphatic carbocycles. The van der Waals surface area contributed by atoms with Crippen LogP contribution in [-0.4, -0.2) is 44.0 Å². The van der Waals surface area contributed by atoms with Crippen molar-refractivity contribution in [3.63, 3.8) is 0 Å². The number of nitrogens with zero attached hydrogens (tertiary/aromatic N) is 1. The van der Waals surface area contributed by atoms with Gasteiger partial charge in [-0.3, -0.25) is 4.79 Å². The molecule has 1 aliphatic rings. The van der Waals surface area contributed by atoms with Crippen LogP contribution in [0.3, 0.4) is 0 Å². The second kappa shape index (κ2) is 10.6. The van der Waals surface area contributed by atoms with Crippen molar-refractivity contribution in [2.24, 2.45) is 5.92 Å². The summed E-state index contributed by atoms with van der Waals surface area (Å²) >= 11 is 1.50. The summed E-state index contributed by atoms with van der Waals surface area (Å²) in [6, 6.07) is 12.4. The molecule has 0 saturated carbocycles. The van der Waals surface area contributed by atoms with Gasteiger partial charge in [0.2, 0.25) is 0 Å². The predicted molar refractivity (Wildman–Crippen MR) is 116 cm³/mol. The average molecular weight is 431 g/mol. The van der Waals surface area contributed by atoms with Gasteiger partial charge in [0.25, 0.3) is 0 Å². The van der Waals surface area contributed by atoms with E-state index in [1.54, 1.807) is 20.2 Å². The smallest absolute Gasteiger partial charge is 0.317 e. The number of ether oxygens (including phenoxy) is 1. The van der Waals surface area contributed by atoms with Gasteiger partial charge in [0.05, 0.1) is 0 Å². The molecule has 1 fully saturated rings. The van der Waals surface area contributed by atoms with E-state index in [4.69, 9.17) is 4.74 Å². The summed E-state index contributed by atoms with van der Waals surface area (Å²) in [7, 11) is 3.40. The first-order valence-electron chi connectivity index (χ1n) is 10.0. The summed E-state index contributed by atoms with van der Waals surface area (Å²) in [5.41, 5.74) is 2.54. The molecule has 2 aromatic rings. The van der Waals surface area contributed by atoms with Crippen LogP contribution >= 0.6 is 11.8 Å². The molecule has 7 heteroatoms. The topological polar surface area (TPSA) is 58.6 Å². The van der Waals surface area contributed by atoms with Crippen LogP contribution in [0.15, 0.2) is 47.4 Å². The third-order valence-corrected chi connectivity index (χ3v) is 6.07. The van der Waals surface area contributed by atoms with Crippen molar-refractivity contribution in [2.45, 2.75) is 30.0 Å². The normalized spacial score (nSPS) is 14.4. The standard InChI is InChI=1S/C23H27FN2O3S/c1-26(2)23(28)25-14-16-3-5-17(6-4-16)15-30-21-12-19(11-20(24)13-21)22(27)18-7-9-29-10-8-18/h3-6,11-13,18H,7-10,14-15H2,1-2H3,(H,25,28). The van der Waals surface area contributed by atoms with E-state index in [1.807, 2.05) is 24.3 Å². The quantitative estimate of drug-likeness (QED) is 0.519. The van der Waals surface area contributed by atoms with E-state index >= 15 is 0 Å². The van der Waals surface area contributed by atoms with Gasteiger partial charge in [-0.2, -0.15) is 0 Å². The fourth-order valence-corrected chi connectivity index (χ4v) is 4.17. The summed E-state index contributed by atoms with van der Waals surface area (Å²) in [6.45, 7) is 1.64. The first-order valence-corrected chi connectivity index (χ1v) is 11.0. The number of halogens is 1. The van der Waals surface area contributed by atoms with Gasteiger partial charge in [-0.25, -0.2) is 9.18 Å². The molecule has 3 rings (SSSR count). The Hall–Kier alpha value is -2.38. The highest BCUT2D eigenvalue weighted by Crippen LogP contribution is 2.27. The second-order valence-electron chi connectivity index (χ2n) is 7.58. The van der Waals surface area contributed by atoms with Gasteiger partial charge in [-0.05, 0) is 42.2 Å². The molecule has 1 saturated heterocycles. The SMILES string of the molecule is CN(C)C(=O)NCc1ccc(CSc2cc(F)cc(C(=O)C3CCOCC3)c2)cc1. The van der Waals surface area contributed by atoms with Gasteiger partial charge >= 0.3 is 6.03 Å². The Balaban J connectivity index is 1.58. The first-order chi connectivity index (χ1) is 14.4. The van der Waals surface area contributed by atoms with Crippen molar-refractivity contribution in [3.8, 4) is 0 Å². The van der Waals surface area contributed by atoms with Crippen molar-refractivity contribution < 1.29 is 18.7 Å². The van der Waals surface area contributed by atoms with E-state index in [-0.39, 0.29) is 23.5 Å². The Bertz CT molecular complexity index is 881. The lowest BCUT2D eigenvalue weighted by molar-refractivity contribution is 0.0544. The second-order valence-corrected chi connectivity index (χ2v) is 8.63. The van der Waals surface area contributed by atoms with Gasteiger partial charge in [0.1, 0.15) is 5.82 Å². The number of hydrogen-bond donors (Lipinski definition) is 1. The van der Waals surface area contributed by atoms with Gasteiger partial charge in [-0.15, -0.1) is 11.8 Å². The zero-order chi connectivity index (χ0) is 21.5. The molecule has 0 spiro atoms. The molecule has 1 N–H and O–H groups in total. The maximum absolute atomic E-state index is 14.1. The zero-order valence-corrected chi connectivity index (χ0v) is 18.1. The molecule has 0 atom stereocenters. The number of ketones is 1. The maximum atomic E-state index is 14.1. The van der Waals surface area contributed by atoms with Crippen LogP contribution in [0, 0.1) is 11.7 Å². The highest BCUT2D eigenvalue weighted by Gasteiger charge is 2.23. The van der Waals surface area contributed by atoms with E-state index < -0.39 is 0 Å². The Morgan fingerprint density at radius 1 is 1.10 bits per heavy atom. The van der Waals surface area contributed by atoms with E-state index in [1.165, 1.54) is 28.8 Å². The van der Waals surface area contributed by atoms with Crippen LogP contribution in [0.2, 0.25) is 0 Å². The van der Waals surface area contributed by atoms with Crippen LogP contribution in [0.5, 0.6) is 0 Å². The summed E-state index contributed by atoms with van der Waals surface area (Å²) in [5, 5.41) is 2.83. The van der Waals surface area contributed by atoms with Crippen molar-refractivity contribution in [2.75, 3.05) is 27.3 Å². The molecule has 0 unspecified atom stereocenters. The van der Waals surface area contributed by atoms with Gasteiger partial charge in [-0.1, -0.05) is 24.3 Å². The molecule has 2 amide bonds. The minimum absolute atomic E-state index is 0.00349. The van der Waals surface area contributed by atoms with Crippen molar-refractivity contribution in [1.82, 2.24) is 10.2 Å². The third kappa shape index (κ3) is 6.31. The average Bonchev–Trinajstić information content (AvgIpc) is 2.76. The lowest BCUT2D eigenvalue weighted by Gasteiger charge is -2.21. The molecule has 30 heavy (non-hydrogen) atoms. The number of nitrogens with one attached hydrogen (secondary N) is 1. The number of benzene rings is 2. The first kappa shape index (κ1) is 22.3. The summed E-state index contributed by atoms with van der Waals surface area (Å²) < 4.78 is 19.4. The van der Waals surface area contributed by atoms with Crippen LogP contribution in [-0.2, 0) is 17.0 Å². The Labute approximate surface area is 181 Å². The Morgan fingerprint density at radius 2 is 1.77 bits per heavy atom. The van der Waals surface area contributed by atoms with Gasteiger partial charge in [0.15, 0.2) is 5.78 Å². The molecule has 160 valence electrons. The zero-order valence-electron chi connectivity index (χ0n) is 17.3. The van der Waals surface area contributed by atoms with E-state index in [0.717, 1.165) is 16.0 Å². The van der Waals surface area contributed by atoms with E-state index in [9.17, 15) is 14.0 Å². The molecule has 5 nitrogen and oxygen atoms in total. The van der Waals surface area contributed by atoms with Gasteiger partial charge in [0, 0.05) is 56.0 Å². The van der Waals surface area contributed by atoms with Crippen molar-refractivity contribution >= 4 is 23.6 Å². The minimum atomic E-state index is -0.387. The van der Waals surface area contributed by atoms with Crippen molar-refractivity contribution in [1.29, 1.82) is 0 Å². The molecule has 2 aromatic carbocycles. The summed E-state index contributed by atoms with van der Waals surface area (Å²) in [6.07, 6.45) is 1.39. The fourth-order valence-electron chi connectivity index (χ4n) is 3.24. The molecule has 1 aliphatic heterocycles. The van der Waals surface area contributed by atoms with E-state index in [0.29, 0.717) is 43.9 Å². The number of rotatable bonds is 7. The molecule has 0 radical (unpaired) electrons. The number of urea groups is 1. The van der Waals surface area contributed by atoms with Crippen LogP contribution < -0.4 is 5.32 Å². The minimum Gasteiger partial charge on any atom is -0.381 e. The maximum Gasteiger partial charge on any atom is 0.317 e. The predicted octanol–water partition coefficient (Wildman–Crippen LogP) is 4.50. The molecule has 1 heterocycles. The lowest BCUT2D eigenvalue weighted by atomic mass is 9.91. The summed E-state index contributed by atoms with van der Waals surface area (Å²) in [4.78, 5) is 26.5. The Morgan fingerprint density at radius 3 is 2.43 bits per heavy atom. The van der Waals surface area contributed by atoms with E-state index in [2.05, 4.69) is 5.32 Å². The van der Waals surface area contributed by atoms with Crippen LogP contribution in [0.25, 0.3) is 0 Å². The molecular formula is C23H27FN2O3S. The number of hydrogen-bond acceptors (Lipinski definition) is 4. The number of carbonyl (C=O) groups excluding carboxylic acids is 2. The van der Waals surface area contributed by atoms with Crippen LogP contribution in [0.1, 0.15) is 34.3 Å². The number of Topliss-reactive ketones (excluding diaryl/α,β-unsaturated/α-hetero) is 1. The molecular weight excluding hydrogens is 403 g/mol. The largest absolute Gasteiger partial charge is 0.381 e. The van der Waals surface area contributed by atoms with Crippen LogP contribution in [0.4, 0.5) is 9.18 Å². The molecule has 0 aromatic heterocycles. The fraction of sp³-hybridized carbons (Fsp3) is 0.391. The van der Waals surface area contributed by atoms with Crippen molar-refractivity contribution in [3.05, 3.63) is 65.0 Å². The number of thioether (sulfide) groups is 1. The number of amides is 2. The molecule has 0 bridgehead atoms. The number of carbonyl (C=O) groups is 2. The summed E-state index contributed by atoms with van der Waals surface area (Å²) in [5.74, 6) is 0.198. The van der Waals surface area contributed by atoms with Gasteiger partial charge < -0.3 is 15.0 Å². The Kier molecular flexibility index (Phi) is 7.87. The monoisotopic (exact) mass is 430 g/mol. The highest BCUT2D eigenvalue weighted by molar-refractivity contribution is 7.98. The highest BCUT2D eigenvalue weighted by atomic mass is 32.2. The third-order valence-electron chi connectivity index (χ3n) is 5.03.